The third-order valence-corrected chi connectivity index (χ3v) is 10.1. The fraction of sp³-hybridized carbons (Fsp3) is 0. The van der Waals surface area contributed by atoms with Crippen molar-refractivity contribution in [3.05, 3.63) is 146 Å². The standard InChI is InChI=1S/C44H24O/c1-2-13-39-33(11-1)38-24-31(36-22-30-10-4-8-26-14-16-28-9-5-12-34(36)42(28)41(26)30)23-37(44(38)45-39)32-20-18-29-17-15-25-6-3-7-27-19-21-35(32)43(29)40(25)27/h1-24H. The van der Waals surface area contributed by atoms with Gasteiger partial charge in [0.2, 0.25) is 0 Å². The Morgan fingerprint density at radius 2 is 0.867 bits per heavy atom. The fourth-order valence-corrected chi connectivity index (χ4v) is 8.15. The maximum atomic E-state index is 6.71. The van der Waals surface area contributed by atoms with E-state index in [2.05, 4.69) is 146 Å². The molecular weight excluding hydrogens is 544 g/mol. The molecule has 45 heavy (non-hydrogen) atoms. The molecule has 206 valence electrons. The van der Waals surface area contributed by atoms with Gasteiger partial charge in [-0.15, -0.1) is 0 Å². The largest absolute Gasteiger partial charge is 0.455 e. The van der Waals surface area contributed by atoms with Crippen molar-refractivity contribution in [2.45, 2.75) is 0 Å². The molecule has 0 bridgehead atoms. The van der Waals surface area contributed by atoms with Gasteiger partial charge in [0.25, 0.3) is 0 Å². The smallest absolute Gasteiger partial charge is 0.143 e. The van der Waals surface area contributed by atoms with E-state index in [0.29, 0.717) is 0 Å². The zero-order chi connectivity index (χ0) is 29.2. The fourth-order valence-electron chi connectivity index (χ4n) is 8.15. The molecule has 1 heterocycles. The van der Waals surface area contributed by atoms with Gasteiger partial charge in [-0.1, -0.05) is 121 Å². The average Bonchev–Trinajstić information content (AvgIpc) is 3.48. The number of hydrogen-bond donors (Lipinski definition) is 0. The number of rotatable bonds is 2. The summed E-state index contributed by atoms with van der Waals surface area (Å²) in [4.78, 5) is 0. The van der Waals surface area contributed by atoms with Gasteiger partial charge >= 0.3 is 0 Å². The second-order valence-corrected chi connectivity index (χ2v) is 12.4. The molecular formula is C44H24O. The molecule has 0 atom stereocenters. The van der Waals surface area contributed by atoms with E-state index in [1.165, 1.54) is 81.3 Å². The summed E-state index contributed by atoms with van der Waals surface area (Å²) in [5, 5.41) is 17.8. The zero-order valence-corrected chi connectivity index (χ0v) is 24.3. The van der Waals surface area contributed by atoms with Crippen molar-refractivity contribution >= 4 is 86.6 Å². The lowest BCUT2D eigenvalue weighted by Crippen LogP contribution is -1.90. The minimum Gasteiger partial charge on any atom is -0.455 e. The van der Waals surface area contributed by atoms with E-state index in [4.69, 9.17) is 4.42 Å². The third-order valence-electron chi connectivity index (χ3n) is 10.1. The van der Waals surface area contributed by atoms with Crippen LogP contribution in [-0.2, 0) is 0 Å². The van der Waals surface area contributed by atoms with Crippen molar-refractivity contribution in [3.63, 3.8) is 0 Å². The highest BCUT2D eigenvalue weighted by molar-refractivity contribution is 6.28. The van der Waals surface area contributed by atoms with Crippen molar-refractivity contribution in [3.8, 4) is 22.3 Å². The van der Waals surface area contributed by atoms with E-state index in [-0.39, 0.29) is 0 Å². The van der Waals surface area contributed by atoms with E-state index in [1.54, 1.807) is 0 Å². The Morgan fingerprint density at radius 3 is 1.64 bits per heavy atom. The highest BCUT2D eigenvalue weighted by atomic mass is 16.3. The van der Waals surface area contributed by atoms with Crippen LogP contribution in [0.5, 0.6) is 0 Å². The van der Waals surface area contributed by atoms with Gasteiger partial charge in [0.1, 0.15) is 11.2 Å². The van der Waals surface area contributed by atoms with Crippen LogP contribution in [0.3, 0.4) is 0 Å². The zero-order valence-electron chi connectivity index (χ0n) is 24.3. The Labute approximate surface area is 258 Å². The molecule has 0 aliphatic heterocycles. The van der Waals surface area contributed by atoms with E-state index in [9.17, 15) is 0 Å². The third kappa shape index (κ3) is 3.07. The van der Waals surface area contributed by atoms with Crippen LogP contribution >= 0.6 is 0 Å². The summed E-state index contributed by atoms with van der Waals surface area (Å²) in [5.74, 6) is 0. The van der Waals surface area contributed by atoms with E-state index in [1.807, 2.05) is 0 Å². The Hall–Kier alpha value is -5.92. The van der Waals surface area contributed by atoms with Crippen LogP contribution in [0.1, 0.15) is 0 Å². The van der Waals surface area contributed by atoms with Crippen LogP contribution in [0.2, 0.25) is 0 Å². The minimum atomic E-state index is 0.915. The molecule has 11 rings (SSSR count). The van der Waals surface area contributed by atoms with Crippen molar-refractivity contribution in [2.75, 3.05) is 0 Å². The van der Waals surface area contributed by atoms with Gasteiger partial charge in [0.15, 0.2) is 0 Å². The van der Waals surface area contributed by atoms with Gasteiger partial charge in [0.05, 0.1) is 0 Å². The monoisotopic (exact) mass is 568 g/mol. The first kappa shape index (κ1) is 23.5. The molecule has 0 aliphatic carbocycles. The summed E-state index contributed by atoms with van der Waals surface area (Å²) >= 11 is 0. The lowest BCUT2D eigenvalue weighted by molar-refractivity contribution is 0.670. The Morgan fingerprint density at radius 1 is 0.311 bits per heavy atom. The molecule has 0 fully saturated rings. The maximum absolute atomic E-state index is 6.71. The molecule has 10 aromatic carbocycles. The second-order valence-electron chi connectivity index (χ2n) is 12.4. The SMILES string of the molecule is c1cc2ccc3cccc4c(-c5cc(-c6ccc7ccc8cccc9ccc6c7c89)c6oc7ccccc7c6c5)cc(c1)c2c34. The molecule has 1 aromatic heterocycles. The molecule has 0 N–H and O–H groups in total. The lowest BCUT2D eigenvalue weighted by atomic mass is 9.86. The summed E-state index contributed by atoms with van der Waals surface area (Å²) in [7, 11) is 0. The van der Waals surface area contributed by atoms with Crippen molar-refractivity contribution < 1.29 is 4.42 Å². The quantitative estimate of drug-likeness (QED) is 0.189. The lowest BCUT2D eigenvalue weighted by Gasteiger charge is -2.17. The normalized spacial score (nSPS) is 12.4. The van der Waals surface area contributed by atoms with Gasteiger partial charge in [-0.2, -0.15) is 0 Å². The van der Waals surface area contributed by atoms with Crippen LogP contribution in [-0.4, -0.2) is 0 Å². The first-order valence-corrected chi connectivity index (χ1v) is 15.6. The Bertz CT molecular complexity index is 2960. The Balaban J connectivity index is 1.30. The summed E-state index contributed by atoms with van der Waals surface area (Å²) in [5.41, 5.74) is 6.63. The maximum Gasteiger partial charge on any atom is 0.143 e. The predicted molar refractivity (Wildman–Crippen MR) is 192 cm³/mol. The number of hydrogen-bond acceptors (Lipinski definition) is 1. The van der Waals surface area contributed by atoms with Gasteiger partial charge in [0, 0.05) is 16.3 Å². The number of furan rings is 1. The molecule has 1 nitrogen and oxygen atoms in total. The highest BCUT2D eigenvalue weighted by Crippen LogP contribution is 2.46. The predicted octanol–water partition coefficient (Wildman–Crippen LogP) is 12.7. The summed E-state index contributed by atoms with van der Waals surface area (Å²) in [6, 6.07) is 53.7. The Kier molecular flexibility index (Phi) is 4.38. The van der Waals surface area contributed by atoms with Crippen LogP contribution in [0, 0.1) is 0 Å². The molecule has 0 amide bonds. The number of para-hydroxylation sites is 1. The number of benzene rings is 10. The summed E-state index contributed by atoms with van der Waals surface area (Å²) in [6.45, 7) is 0. The van der Waals surface area contributed by atoms with Crippen LogP contribution in [0.4, 0.5) is 0 Å². The molecule has 0 unspecified atom stereocenters. The molecule has 0 radical (unpaired) electrons. The molecule has 0 saturated heterocycles. The van der Waals surface area contributed by atoms with Crippen LogP contribution in [0.15, 0.2) is 150 Å². The van der Waals surface area contributed by atoms with E-state index >= 15 is 0 Å². The van der Waals surface area contributed by atoms with Gasteiger partial charge in [-0.05, 0) is 106 Å². The first-order chi connectivity index (χ1) is 22.3. The molecule has 0 aliphatic rings. The van der Waals surface area contributed by atoms with E-state index < -0.39 is 0 Å². The highest BCUT2D eigenvalue weighted by Gasteiger charge is 2.20. The van der Waals surface area contributed by atoms with Gasteiger partial charge < -0.3 is 4.42 Å². The topological polar surface area (TPSA) is 13.1 Å². The van der Waals surface area contributed by atoms with Crippen molar-refractivity contribution in [1.29, 1.82) is 0 Å². The summed E-state index contributed by atoms with van der Waals surface area (Å²) in [6.07, 6.45) is 0. The molecule has 1 heteroatoms. The first-order valence-electron chi connectivity index (χ1n) is 15.6. The molecule has 0 spiro atoms. The van der Waals surface area contributed by atoms with Crippen molar-refractivity contribution in [1.82, 2.24) is 0 Å². The van der Waals surface area contributed by atoms with Gasteiger partial charge in [-0.3, -0.25) is 0 Å². The second kappa shape index (κ2) is 8.37. The molecule has 0 saturated carbocycles. The van der Waals surface area contributed by atoms with E-state index in [0.717, 1.165) is 27.5 Å². The van der Waals surface area contributed by atoms with Crippen molar-refractivity contribution in [2.24, 2.45) is 0 Å². The minimum absolute atomic E-state index is 0.915. The molecule has 11 aromatic rings. The number of fused-ring (bicyclic) bond motifs is 3. The van der Waals surface area contributed by atoms with Crippen LogP contribution < -0.4 is 0 Å². The van der Waals surface area contributed by atoms with Crippen LogP contribution in [0.25, 0.3) is 109 Å². The summed E-state index contributed by atoms with van der Waals surface area (Å²) < 4.78 is 6.71. The average molecular weight is 569 g/mol. The van der Waals surface area contributed by atoms with Gasteiger partial charge in [-0.25, -0.2) is 0 Å².